The average molecular weight is 177 g/mol. The molecule has 1 aromatic carbocycles. The van der Waals surface area contributed by atoms with Crippen LogP contribution in [0.3, 0.4) is 0 Å². The molecule has 1 aromatic heterocycles. The first-order valence-corrected chi connectivity index (χ1v) is 3.73. The first-order chi connectivity index (χ1) is 6.36. The zero-order valence-corrected chi connectivity index (χ0v) is 6.98. The fraction of sp³-hybridized carbons (Fsp3) is 0.111. The number of rotatable bonds is 2. The summed E-state index contributed by atoms with van der Waals surface area (Å²) in [5, 5.41) is 4.32. The quantitative estimate of drug-likeness (QED) is 0.654. The van der Waals surface area contributed by atoms with E-state index in [2.05, 4.69) is 5.16 Å². The van der Waals surface area contributed by atoms with Crippen LogP contribution in [-0.2, 0) is 0 Å². The van der Waals surface area contributed by atoms with Gasteiger partial charge in [-0.2, -0.15) is 0 Å². The van der Waals surface area contributed by atoms with E-state index in [0.717, 1.165) is 6.29 Å². The fourth-order valence-electron chi connectivity index (χ4n) is 1.23. The molecule has 13 heavy (non-hydrogen) atoms. The Balaban J connectivity index is 2.81. The maximum absolute atomic E-state index is 10.6. The second-order valence-electron chi connectivity index (χ2n) is 2.54. The molecule has 4 nitrogen and oxygen atoms in total. The molecule has 0 fully saturated rings. The summed E-state index contributed by atoms with van der Waals surface area (Å²) in [5.74, 6) is 0.654. The third-order valence-corrected chi connectivity index (χ3v) is 1.86. The van der Waals surface area contributed by atoms with E-state index >= 15 is 0 Å². The normalized spacial score (nSPS) is 10.2. The summed E-state index contributed by atoms with van der Waals surface area (Å²) in [7, 11) is 1.56. The van der Waals surface area contributed by atoms with Crippen molar-refractivity contribution in [3.05, 3.63) is 23.9 Å². The van der Waals surface area contributed by atoms with Gasteiger partial charge in [0.25, 0.3) is 0 Å². The van der Waals surface area contributed by atoms with E-state index in [1.807, 2.05) is 0 Å². The molecule has 0 bridgehead atoms. The number of carbonyl (C=O) groups excluding carboxylic acids is 1. The van der Waals surface area contributed by atoms with Gasteiger partial charge in [-0.25, -0.2) is 0 Å². The Morgan fingerprint density at radius 2 is 2.38 bits per heavy atom. The third-order valence-electron chi connectivity index (χ3n) is 1.86. The van der Waals surface area contributed by atoms with Gasteiger partial charge in [0, 0.05) is 0 Å². The topological polar surface area (TPSA) is 52.3 Å². The van der Waals surface area contributed by atoms with E-state index in [4.69, 9.17) is 9.26 Å². The number of ether oxygens (including phenoxy) is 1. The minimum absolute atomic E-state index is 0.467. The Morgan fingerprint density at radius 3 is 3.08 bits per heavy atom. The predicted octanol–water partition coefficient (Wildman–Crippen LogP) is 1.65. The van der Waals surface area contributed by atoms with E-state index in [0.29, 0.717) is 22.3 Å². The standard InChI is InChI=1S/C9H7NO3/c1-12-8-3-2-6(5-11)9-7(8)4-10-13-9/h2-5H,1H3. The SMILES string of the molecule is COc1ccc(C=O)c2oncc12. The van der Waals surface area contributed by atoms with E-state index in [9.17, 15) is 4.79 Å². The molecular weight excluding hydrogens is 170 g/mol. The van der Waals surface area contributed by atoms with Crippen LogP contribution in [0, 0.1) is 0 Å². The van der Waals surface area contributed by atoms with Crippen molar-refractivity contribution in [3.8, 4) is 5.75 Å². The minimum atomic E-state index is 0.467. The van der Waals surface area contributed by atoms with Crippen LogP contribution in [0.2, 0.25) is 0 Å². The van der Waals surface area contributed by atoms with Gasteiger partial charge in [0.15, 0.2) is 11.9 Å². The van der Waals surface area contributed by atoms with Gasteiger partial charge < -0.3 is 9.26 Å². The molecule has 0 unspecified atom stereocenters. The number of hydrogen-bond donors (Lipinski definition) is 0. The molecule has 0 atom stereocenters. The predicted molar refractivity (Wildman–Crippen MR) is 45.9 cm³/mol. The zero-order chi connectivity index (χ0) is 9.26. The highest BCUT2D eigenvalue weighted by Crippen LogP contribution is 2.27. The highest BCUT2D eigenvalue weighted by molar-refractivity contribution is 5.96. The van der Waals surface area contributed by atoms with Crippen molar-refractivity contribution in [1.82, 2.24) is 5.16 Å². The van der Waals surface area contributed by atoms with Gasteiger partial charge in [0.1, 0.15) is 5.75 Å². The van der Waals surface area contributed by atoms with Crippen LogP contribution in [0.5, 0.6) is 5.75 Å². The van der Waals surface area contributed by atoms with Gasteiger partial charge in [-0.3, -0.25) is 4.79 Å². The van der Waals surface area contributed by atoms with Gasteiger partial charge in [-0.1, -0.05) is 5.16 Å². The summed E-state index contributed by atoms with van der Waals surface area (Å²) >= 11 is 0. The van der Waals surface area contributed by atoms with Gasteiger partial charge in [0.2, 0.25) is 0 Å². The Bertz CT molecular complexity index is 447. The van der Waals surface area contributed by atoms with Crippen LogP contribution in [0.1, 0.15) is 10.4 Å². The summed E-state index contributed by atoms with van der Waals surface area (Å²) in [6.07, 6.45) is 2.26. The van der Waals surface area contributed by atoms with Gasteiger partial charge >= 0.3 is 0 Å². The van der Waals surface area contributed by atoms with Crippen LogP contribution in [0.4, 0.5) is 0 Å². The van der Waals surface area contributed by atoms with Gasteiger partial charge in [0.05, 0.1) is 24.3 Å². The van der Waals surface area contributed by atoms with Crippen LogP contribution >= 0.6 is 0 Å². The Labute approximate surface area is 74.1 Å². The molecule has 0 aliphatic rings. The molecule has 0 saturated heterocycles. The molecule has 0 saturated carbocycles. The lowest BCUT2D eigenvalue weighted by Crippen LogP contribution is -1.86. The summed E-state index contributed by atoms with van der Waals surface area (Å²) < 4.78 is 9.99. The van der Waals surface area contributed by atoms with Gasteiger partial charge in [-0.15, -0.1) is 0 Å². The van der Waals surface area contributed by atoms with Crippen molar-refractivity contribution in [2.75, 3.05) is 7.11 Å². The molecule has 0 N–H and O–H groups in total. The number of benzene rings is 1. The van der Waals surface area contributed by atoms with E-state index in [1.165, 1.54) is 6.20 Å². The lowest BCUT2D eigenvalue weighted by atomic mass is 10.1. The number of nitrogens with zero attached hydrogens (tertiary/aromatic N) is 1. The maximum atomic E-state index is 10.6. The smallest absolute Gasteiger partial charge is 0.181 e. The lowest BCUT2D eigenvalue weighted by molar-refractivity contribution is 0.112. The number of carbonyl (C=O) groups is 1. The zero-order valence-electron chi connectivity index (χ0n) is 6.98. The second-order valence-corrected chi connectivity index (χ2v) is 2.54. The highest BCUT2D eigenvalue weighted by atomic mass is 16.5. The van der Waals surface area contributed by atoms with Crippen molar-refractivity contribution >= 4 is 17.3 Å². The van der Waals surface area contributed by atoms with Crippen LogP contribution in [0.25, 0.3) is 11.0 Å². The Morgan fingerprint density at radius 1 is 1.54 bits per heavy atom. The van der Waals surface area contributed by atoms with Crippen LogP contribution < -0.4 is 4.74 Å². The molecule has 0 aliphatic heterocycles. The number of aldehydes is 1. The monoisotopic (exact) mass is 177 g/mol. The molecule has 1 heterocycles. The van der Waals surface area contributed by atoms with Crippen molar-refractivity contribution in [3.63, 3.8) is 0 Å². The molecule has 0 radical (unpaired) electrons. The van der Waals surface area contributed by atoms with E-state index in [-0.39, 0.29) is 0 Å². The van der Waals surface area contributed by atoms with Crippen molar-refractivity contribution in [2.24, 2.45) is 0 Å². The Kier molecular flexibility index (Phi) is 1.73. The highest BCUT2D eigenvalue weighted by Gasteiger charge is 2.09. The van der Waals surface area contributed by atoms with Gasteiger partial charge in [-0.05, 0) is 12.1 Å². The molecule has 4 heteroatoms. The largest absolute Gasteiger partial charge is 0.496 e. The molecule has 0 aliphatic carbocycles. The minimum Gasteiger partial charge on any atom is -0.496 e. The molecule has 0 amide bonds. The molecule has 2 aromatic rings. The lowest BCUT2D eigenvalue weighted by Gasteiger charge is -1.99. The number of methoxy groups -OCH3 is 1. The maximum Gasteiger partial charge on any atom is 0.181 e. The third kappa shape index (κ3) is 1.07. The first kappa shape index (κ1) is 7.79. The summed E-state index contributed by atoms with van der Waals surface area (Å²) in [6, 6.07) is 3.35. The number of aromatic nitrogens is 1. The van der Waals surface area contributed by atoms with Crippen molar-refractivity contribution < 1.29 is 14.1 Å². The Hall–Kier alpha value is -1.84. The van der Waals surface area contributed by atoms with E-state index < -0.39 is 0 Å². The summed E-state index contributed by atoms with van der Waals surface area (Å²) in [4.78, 5) is 10.6. The van der Waals surface area contributed by atoms with Crippen LogP contribution in [-0.4, -0.2) is 18.6 Å². The number of fused-ring (bicyclic) bond motifs is 1. The fourth-order valence-corrected chi connectivity index (χ4v) is 1.23. The number of hydrogen-bond acceptors (Lipinski definition) is 4. The molecular formula is C9H7NO3. The van der Waals surface area contributed by atoms with Crippen molar-refractivity contribution in [1.29, 1.82) is 0 Å². The average Bonchev–Trinajstić information content (AvgIpc) is 2.64. The summed E-state index contributed by atoms with van der Waals surface area (Å²) in [6.45, 7) is 0. The van der Waals surface area contributed by atoms with Crippen molar-refractivity contribution in [2.45, 2.75) is 0 Å². The first-order valence-electron chi connectivity index (χ1n) is 3.73. The molecule has 2 rings (SSSR count). The second kappa shape index (κ2) is 2.90. The van der Waals surface area contributed by atoms with E-state index in [1.54, 1.807) is 19.2 Å². The van der Waals surface area contributed by atoms with Crippen LogP contribution in [0.15, 0.2) is 22.9 Å². The molecule has 66 valence electrons. The molecule has 0 spiro atoms. The summed E-state index contributed by atoms with van der Waals surface area (Å²) in [5.41, 5.74) is 0.947.